The van der Waals surface area contributed by atoms with E-state index in [9.17, 15) is 14.7 Å². The number of hydrogen-bond acceptors (Lipinski definition) is 4. The third-order valence-electron chi connectivity index (χ3n) is 3.87. The van der Waals surface area contributed by atoms with E-state index < -0.39 is 17.1 Å². The zero-order valence-corrected chi connectivity index (χ0v) is 9.47. The highest BCUT2D eigenvalue weighted by molar-refractivity contribution is 5.85. The van der Waals surface area contributed by atoms with Gasteiger partial charge in [0.25, 0.3) is 0 Å². The summed E-state index contributed by atoms with van der Waals surface area (Å²) in [7, 11) is 0. The minimum absolute atomic E-state index is 0.136. The second-order valence-electron chi connectivity index (χ2n) is 5.10. The Kier molecular flexibility index (Phi) is 2.42. The lowest BCUT2D eigenvalue weighted by Gasteiger charge is -2.33. The standard InChI is InChI=1S/C12H16O4/c1-11(15)5-3-8(9(11)7-13)12(2)6-4-10(14)16-12/h4,6-9,15H,3,5H2,1-2H3/t8-,9+,11-,12?/m1/s1. The van der Waals surface area contributed by atoms with Gasteiger partial charge >= 0.3 is 5.97 Å². The van der Waals surface area contributed by atoms with Crippen LogP contribution in [0.25, 0.3) is 0 Å². The first-order valence-corrected chi connectivity index (χ1v) is 5.49. The lowest BCUT2D eigenvalue weighted by Crippen LogP contribution is -2.42. The largest absolute Gasteiger partial charge is 0.452 e. The molecule has 1 fully saturated rings. The molecule has 1 aliphatic carbocycles. The average molecular weight is 224 g/mol. The molecule has 0 aromatic heterocycles. The highest BCUT2D eigenvalue weighted by atomic mass is 16.6. The van der Waals surface area contributed by atoms with Gasteiger partial charge < -0.3 is 14.6 Å². The summed E-state index contributed by atoms with van der Waals surface area (Å²) >= 11 is 0. The first-order valence-electron chi connectivity index (χ1n) is 5.49. The van der Waals surface area contributed by atoms with E-state index in [0.29, 0.717) is 12.8 Å². The fraction of sp³-hybridized carbons (Fsp3) is 0.667. The summed E-state index contributed by atoms with van der Waals surface area (Å²) in [6, 6.07) is 0. The number of carbonyl (C=O) groups excluding carboxylic acids is 2. The van der Waals surface area contributed by atoms with Crippen LogP contribution < -0.4 is 0 Å². The summed E-state index contributed by atoms with van der Waals surface area (Å²) in [6.07, 6.45) is 5.10. The van der Waals surface area contributed by atoms with Gasteiger partial charge in [-0.25, -0.2) is 4.79 Å². The van der Waals surface area contributed by atoms with Crippen LogP contribution in [0.2, 0.25) is 0 Å². The molecule has 1 heterocycles. The van der Waals surface area contributed by atoms with E-state index in [4.69, 9.17) is 4.74 Å². The Balaban J connectivity index is 2.26. The van der Waals surface area contributed by atoms with Crippen molar-refractivity contribution < 1.29 is 19.4 Å². The van der Waals surface area contributed by atoms with Crippen LogP contribution in [0.5, 0.6) is 0 Å². The second-order valence-corrected chi connectivity index (χ2v) is 5.10. The highest BCUT2D eigenvalue weighted by Crippen LogP contribution is 2.47. The van der Waals surface area contributed by atoms with E-state index in [-0.39, 0.29) is 11.9 Å². The molecule has 0 spiro atoms. The number of ether oxygens (including phenoxy) is 1. The van der Waals surface area contributed by atoms with Crippen LogP contribution in [0.1, 0.15) is 26.7 Å². The molecule has 0 bridgehead atoms. The molecule has 88 valence electrons. The third-order valence-corrected chi connectivity index (χ3v) is 3.87. The van der Waals surface area contributed by atoms with Crippen LogP contribution in [0.3, 0.4) is 0 Å². The maximum absolute atomic E-state index is 11.1. The predicted octanol–water partition coefficient (Wildman–Crippen LogP) is 0.834. The number of aliphatic hydroxyl groups is 1. The van der Waals surface area contributed by atoms with E-state index >= 15 is 0 Å². The smallest absolute Gasteiger partial charge is 0.331 e. The first kappa shape index (κ1) is 11.3. The van der Waals surface area contributed by atoms with Gasteiger partial charge in [-0.2, -0.15) is 0 Å². The minimum Gasteiger partial charge on any atom is -0.452 e. The predicted molar refractivity (Wildman–Crippen MR) is 56.5 cm³/mol. The lowest BCUT2D eigenvalue weighted by atomic mass is 9.78. The monoisotopic (exact) mass is 224 g/mol. The zero-order valence-electron chi connectivity index (χ0n) is 9.47. The summed E-state index contributed by atoms with van der Waals surface area (Å²) in [5.74, 6) is -0.991. The first-order chi connectivity index (χ1) is 7.39. The fourth-order valence-corrected chi connectivity index (χ4v) is 2.83. The molecule has 1 N–H and O–H groups in total. The van der Waals surface area contributed by atoms with Gasteiger partial charge in [-0.3, -0.25) is 0 Å². The quantitative estimate of drug-likeness (QED) is 0.557. The van der Waals surface area contributed by atoms with Crippen molar-refractivity contribution in [2.45, 2.75) is 37.9 Å². The van der Waals surface area contributed by atoms with Gasteiger partial charge in [-0.05, 0) is 32.8 Å². The van der Waals surface area contributed by atoms with Crippen molar-refractivity contribution in [3.63, 3.8) is 0 Å². The number of aldehydes is 1. The van der Waals surface area contributed by atoms with Gasteiger partial charge in [0.1, 0.15) is 11.9 Å². The van der Waals surface area contributed by atoms with E-state index in [1.54, 1.807) is 19.9 Å². The molecule has 0 saturated heterocycles. The lowest BCUT2D eigenvalue weighted by molar-refractivity contribution is -0.152. The molecule has 2 rings (SSSR count). The topological polar surface area (TPSA) is 63.6 Å². The van der Waals surface area contributed by atoms with Crippen molar-refractivity contribution in [3.8, 4) is 0 Å². The van der Waals surface area contributed by atoms with Crippen LogP contribution in [-0.4, -0.2) is 28.6 Å². The number of cyclic esters (lactones) is 1. The Labute approximate surface area is 94.3 Å². The molecule has 0 aromatic rings. The van der Waals surface area contributed by atoms with Gasteiger partial charge in [-0.15, -0.1) is 0 Å². The van der Waals surface area contributed by atoms with E-state index in [1.807, 2.05) is 0 Å². The summed E-state index contributed by atoms with van der Waals surface area (Å²) in [5.41, 5.74) is -1.73. The summed E-state index contributed by atoms with van der Waals surface area (Å²) in [5, 5.41) is 10.1. The Morgan fingerprint density at radius 3 is 2.75 bits per heavy atom. The fourth-order valence-electron chi connectivity index (χ4n) is 2.83. The van der Waals surface area contributed by atoms with Crippen LogP contribution in [0, 0.1) is 11.8 Å². The van der Waals surface area contributed by atoms with Crippen molar-refractivity contribution in [1.29, 1.82) is 0 Å². The molecule has 0 aromatic carbocycles. The highest BCUT2D eigenvalue weighted by Gasteiger charge is 2.53. The molecule has 0 amide bonds. The van der Waals surface area contributed by atoms with Crippen molar-refractivity contribution in [3.05, 3.63) is 12.2 Å². The third kappa shape index (κ3) is 1.57. The van der Waals surface area contributed by atoms with E-state index in [0.717, 1.165) is 6.29 Å². The zero-order chi connectivity index (χ0) is 12.0. The molecular weight excluding hydrogens is 208 g/mol. The molecule has 0 radical (unpaired) electrons. The molecule has 4 atom stereocenters. The molecule has 4 heteroatoms. The Morgan fingerprint density at radius 2 is 2.25 bits per heavy atom. The van der Waals surface area contributed by atoms with Crippen molar-refractivity contribution in [2.75, 3.05) is 0 Å². The van der Waals surface area contributed by atoms with Gasteiger partial charge in [0.2, 0.25) is 0 Å². The summed E-state index contributed by atoms with van der Waals surface area (Å²) < 4.78 is 5.24. The van der Waals surface area contributed by atoms with Gasteiger partial charge in [0.15, 0.2) is 0 Å². The SMILES string of the molecule is CC1([C@@H]2CC[C@@](C)(O)[C@H]2C=O)C=CC(=O)O1. The molecule has 2 aliphatic rings. The van der Waals surface area contributed by atoms with Gasteiger partial charge in [0.05, 0.1) is 11.5 Å². The van der Waals surface area contributed by atoms with Crippen LogP contribution in [-0.2, 0) is 14.3 Å². The molecule has 4 nitrogen and oxygen atoms in total. The van der Waals surface area contributed by atoms with Crippen molar-refractivity contribution >= 4 is 12.3 Å². The Hall–Kier alpha value is -1.16. The maximum Gasteiger partial charge on any atom is 0.331 e. The van der Waals surface area contributed by atoms with Gasteiger partial charge in [0, 0.05) is 12.0 Å². The number of esters is 1. The number of hydrogen-bond donors (Lipinski definition) is 1. The molecule has 1 aliphatic heterocycles. The molecule has 16 heavy (non-hydrogen) atoms. The molecular formula is C12H16O4. The average Bonchev–Trinajstić information content (AvgIpc) is 2.67. The normalized spacial score (nSPS) is 47.1. The molecule has 1 saturated carbocycles. The molecule has 1 unspecified atom stereocenters. The van der Waals surface area contributed by atoms with E-state index in [1.165, 1.54) is 6.08 Å². The van der Waals surface area contributed by atoms with Gasteiger partial charge in [-0.1, -0.05) is 0 Å². The van der Waals surface area contributed by atoms with Crippen molar-refractivity contribution in [1.82, 2.24) is 0 Å². The maximum atomic E-state index is 11.1. The minimum atomic E-state index is -0.988. The van der Waals surface area contributed by atoms with Crippen molar-refractivity contribution in [2.24, 2.45) is 11.8 Å². The van der Waals surface area contributed by atoms with Crippen LogP contribution in [0.4, 0.5) is 0 Å². The van der Waals surface area contributed by atoms with Crippen LogP contribution in [0.15, 0.2) is 12.2 Å². The van der Waals surface area contributed by atoms with E-state index in [2.05, 4.69) is 0 Å². The number of rotatable bonds is 2. The second kappa shape index (κ2) is 3.42. The Bertz CT molecular complexity index is 358. The summed E-state index contributed by atoms with van der Waals surface area (Å²) in [4.78, 5) is 22.2. The van der Waals surface area contributed by atoms with Crippen LogP contribution >= 0.6 is 0 Å². The Morgan fingerprint density at radius 1 is 1.56 bits per heavy atom. The number of carbonyl (C=O) groups is 2. The summed E-state index contributed by atoms with van der Waals surface area (Å²) in [6.45, 7) is 3.45.